The summed E-state index contributed by atoms with van der Waals surface area (Å²) >= 11 is 3.69. The van der Waals surface area contributed by atoms with Gasteiger partial charge in [-0.3, -0.25) is 4.90 Å². The lowest BCUT2D eigenvalue weighted by atomic mass is 9.84. The molecule has 0 N–H and O–H groups in total. The van der Waals surface area contributed by atoms with Gasteiger partial charge in [0.15, 0.2) is 0 Å². The van der Waals surface area contributed by atoms with Crippen LogP contribution in [0, 0.1) is 0 Å². The lowest BCUT2D eigenvalue weighted by molar-refractivity contribution is 0.0358. The van der Waals surface area contributed by atoms with Gasteiger partial charge in [0, 0.05) is 19.6 Å². The maximum atomic E-state index is 5.97. The summed E-state index contributed by atoms with van der Waals surface area (Å²) < 4.78 is 12.4. The highest BCUT2D eigenvalue weighted by Gasteiger charge is 2.16. The Kier molecular flexibility index (Phi) is 8.88. The normalized spacial score (nSPS) is 19.7. The molecule has 0 atom stereocenters. The maximum Gasteiger partial charge on any atom is 0.133 e. The third kappa shape index (κ3) is 5.91. The molecular formula is C19H29BrClNO2. The minimum absolute atomic E-state index is 0. The molecule has 5 heteroatoms. The van der Waals surface area contributed by atoms with E-state index >= 15 is 0 Å². The van der Waals surface area contributed by atoms with Crippen molar-refractivity contribution in [1.29, 1.82) is 0 Å². The number of morpholine rings is 1. The van der Waals surface area contributed by atoms with Crippen molar-refractivity contribution in [3.8, 4) is 5.75 Å². The van der Waals surface area contributed by atoms with Gasteiger partial charge < -0.3 is 9.47 Å². The number of nitrogens with zero attached hydrogens (tertiary/aromatic N) is 1. The van der Waals surface area contributed by atoms with Crippen LogP contribution in [0.15, 0.2) is 22.7 Å². The maximum absolute atomic E-state index is 5.97. The molecule has 3 nitrogen and oxygen atoms in total. The smallest absolute Gasteiger partial charge is 0.133 e. The predicted molar refractivity (Wildman–Crippen MR) is 105 cm³/mol. The summed E-state index contributed by atoms with van der Waals surface area (Å²) in [6.07, 6.45) is 7.90. The highest BCUT2D eigenvalue weighted by Crippen LogP contribution is 2.36. The molecule has 0 spiro atoms. The second-order valence-corrected chi connectivity index (χ2v) is 7.54. The van der Waals surface area contributed by atoms with Crippen molar-refractivity contribution in [2.45, 2.75) is 44.4 Å². The fourth-order valence-corrected chi connectivity index (χ4v) is 4.13. The molecule has 3 rings (SSSR count). The second-order valence-electron chi connectivity index (χ2n) is 6.68. The topological polar surface area (TPSA) is 21.7 Å². The van der Waals surface area contributed by atoms with Crippen LogP contribution in [0.2, 0.25) is 0 Å². The molecule has 24 heavy (non-hydrogen) atoms. The van der Waals surface area contributed by atoms with Crippen LogP contribution in [0.25, 0.3) is 0 Å². The molecule has 0 bridgehead atoms. The molecule has 1 aromatic rings. The third-order valence-electron chi connectivity index (χ3n) is 5.01. The molecule has 1 heterocycles. The van der Waals surface area contributed by atoms with Gasteiger partial charge in [0.05, 0.1) is 24.3 Å². The monoisotopic (exact) mass is 417 g/mol. The lowest BCUT2D eigenvalue weighted by Crippen LogP contribution is -2.37. The zero-order valence-corrected chi connectivity index (χ0v) is 16.7. The molecule has 0 unspecified atom stereocenters. The van der Waals surface area contributed by atoms with Gasteiger partial charge in [0.25, 0.3) is 0 Å². The summed E-state index contributed by atoms with van der Waals surface area (Å²) in [7, 11) is 0. The summed E-state index contributed by atoms with van der Waals surface area (Å²) in [6.45, 7) is 5.73. The number of hydrogen-bond acceptors (Lipinski definition) is 3. The van der Waals surface area contributed by atoms with Crippen molar-refractivity contribution in [3.05, 3.63) is 28.2 Å². The Balaban J connectivity index is 0.00000208. The Morgan fingerprint density at radius 3 is 2.58 bits per heavy atom. The van der Waals surface area contributed by atoms with Crippen molar-refractivity contribution in [2.24, 2.45) is 0 Å². The van der Waals surface area contributed by atoms with E-state index in [-0.39, 0.29) is 12.4 Å². The van der Waals surface area contributed by atoms with Crippen molar-refractivity contribution >= 4 is 28.3 Å². The van der Waals surface area contributed by atoms with E-state index in [0.29, 0.717) is 0 Å². The largest absolute Gasteiger partial charge is 0.492 e. The van der Waals surface area contributed by atoms with Gasteiger partial charge in [-0.05, 0) is 58.8 Å². The molecular weight excluding hydrogens is 390 g/mol. The van der Waals surface area contributed by atoms with E-state index in [1.807, 2.05) is 0 Å². The Morgan fingerprint density at radius 1 is 1.12 bits per heavy atom. The second kappa shape index (κ2) is 10.6. The Bertz CT molecular complexity index is 488. The van der Waals surface area contributed by atoms with Crippen molar-refractivity contribution in [3.63, 3.8) is 0 Å². The van der Waals surface area contributed by atoms with Gasteiger partial charge >= 0.3 is 0 Å². The predicted octanol–water partition coefficient (Wildman–Crippen LogP) is 5.02. The third-order valence-corrected chi connectivity index (χ3v) is 5.63. The fourth-order valence-electron chi connectivity index (χ4n) is 3.62. The molecule has 0 amide bonds. The molecule has 136 valence electrons. The zero-order chi connectivity index (χ0) is 15.9. The Morgan fingerprint density at radius 2 is 1.88 bits per heavy atom. The van der Waals surface area contributed by atoms with Crippen molar-refractivity contribution < 1.29 is 9.47 Å². The van der Waals surface area contributed by atoms with E-state index in [1.165, 1.54) is 37.7 Å². The minimum atomic E-state index is 0. The highest BCUT2D eigenvalue weighted by atomic mass is 79.9. The zero-order valence-electron chi connectivity index (χ0n) is 14.3. The van der Waals surface area contributed by atoms with Crippen LogP contribution >= 0.6 is 28.3 Å². The Hall–Kier alpha value is -0.290. The molecule has 1 aliphatic heterocycles. The molecule has 1 aromatic carbocycles. The molecule has 1 aliphatic carbocycles. The van der Waals surface area contributed by atoms with Crippen LogP contribution in [0.3, 0.4) is 0 Å². The standard InChI is InChI=1S/C19H28BrNO2.ClH/c20-18-15-17(16-5-2-1-3-6-16)7-8-19(18)23-12-4-9-21-10-13-22-14-11-21;/h7-8,15-16H,1-6,9-14H2;1H. The van der Waals surface area contributed by atoms with E-state index in [2.05, 4.69) is 39.0 Å². The molecule has 1 saturated carbocycles. The first-order valence-electron chi connectivity index (χ1n) is 9.05. The first-order valence-corrected chi connectivity index (χ1v) is 9.84. The average Bonchev–Trinajstić information content (AvgIpc) is 2.61. The quantitative estimate of drug-likeness (QED) is 0.605. The summed E-state index contributed by atoms with van der Waals surface area (Å²) in [5.74, 6) is 1.72. The first kappa shape index (κ1) is 20.0. The van der Waals surface area contributed by atoms with Gasteiger partial charge in [-0.2, -0.15) is 0 Å². The summed E-state index contributed by atoms with van der Waals surface area (Å²) in [4.78, 5) is 2.45. The van der Waals surface area contributed by atoms with Gasteiger partial charge in [-0.15, -0.1) is 12.4 Å². The van der Waals surface area contributed by atoms with Gasteiger partial charge in [0.2, 0.25) is 0 Å². The number of halogens is 2. The van der Waals surface area contributed by atoms with Crippen LogP contribution in [-0.2, 0) is 4.74 Å². The van der Waals surface area contributed by atoms with Crippen LogP contribution in [-0.4, -0.2) is 44.4 Å². The van der Waals surface area contributed by atoms with Crippen molar-refractivity contribution in [2.75, 3.05) is 39.5 Å². The SMILES string of the molecule is Brc1cc(C2CCCCC2)ccc1OCCCN1CCOCC1.Cl. The molecule has 2 fully saturated rings. The van der Waals surface area contributed by atoms with Crippen LogP contribution < -0.4 is 4.74 Å². The average molecular weight is 419 g/mol. The summed E-state index contributed by atoms with van der Waals surface area (Å²) in [5.41, 5.74) is 1.47. The number of benzene rings is 1. The molecule has 2 aliphatic rings. The Labute approximate surface area is 160 Å². The minimum Gasteiger partial charge on any atom is -0.492 e. The van der Waals surface area contributed by atoms with Crippen LogP contribution in [0.4, 0.5) is 0 Å². The van der Waals surface area contributed by atoms with E-state index in [0.717, 1.165) is 62.0 Å². The fraction of sp³-hybridized carbons (Fsp3) is 0.684. The van der Waals surface area contributed by atoms with Gasteiger partial charge in [-0.25, -0.2) is 0 Å². The summed E-state index contributed by atoms with van der Waals surface area (Å²) in [5, 5.41) is 0. The first-order chi connectivity index (χ1) is 11.3. The van der Waals surface area contributed by atoms with E-state index in [1.54, 1.807) is 0 Å². The van der Waals surface area contributed by atoms with Crippen LogP contribution in [0.1, 0.15) is 50.0 Å². The van der Waals surface area contributed by atoms with E-state index < -0.39 is 0 Å². The van der Waals surface area contributed by atoms with Gasteiger partial charge in [0.1, 0.15) is 5.75 Å². The van der Waals surface area contributed by atoms with Crippen molar-refractivity contribution in [1.82, 2.24) is 4.90 Å². The number of hydrogen-bond donors (Lipinski definition) is 0. The summed E-state index contributed by atoms with van der Waals surface area (Å²) in [6, 6.07) is 6.67. The molecule has 0 radical (unpaired) electrons. The molecule has 0 aromatic heterocycles. The van der Waals surface area contributed by atoms with E-state index in [4.69, 9.17) is 9.47 Å². The number of ether oxygens (including phenoxy) is 2. The van der Waals surface area contributed by atoms with Gasteiger partial charge in [-0.1, -0.05) is 25.3 Å². The van der Waals surface area contributed by atoms with E-state index in [9.17, 15) is 0 Å². The molecule has 1 saturated heterocycles. The highest BCUT2D eigenvalue weighted by molar-refractivity contribution is 9.10. The number of rotatable bonds is 6. The lowest BCUT2D eigenvalue weighted by Gasteiger charge is -2.26. The van der Waals surface area contributed by atoms with Crippen LogP contribution in [0.5, 0.6) is 5.75 Å².